The molecule has 0 aliphatic carbocycles. The fourth-order valence-corrected chi connectivity index (χ4v) is 3.48. The van der Waals surface area contributed by atoms with Gasteiger partial charge in [0, 0.05) is 23.0 Å². The van der Waals surface area contributed by atoms with E-state index in [0.29, 0.717) is 23.5 Å². The number of hydrogen-bond donors (Lipinski definition) is 2. The summed E-state index contributed by atoms with van der Waals surface area (Å²) in [4.78, 5) is 12.2. The smallest absolute Gasteiger partial charge is 0.255 e. The number of anilines is 1. The third-order valence-corrected chi connectivity index (χ3v) is 4.93. The highest BCUT2D eigenvalue weighted by molar-refractivity contribution is 8.00. The molecule has 2 rings (SSSR count). The lowest BCUT2D eigenvalue weighted by Crippen LogP contribution is -2.36. The van der Waals surface area contributed by atoms with Crippen molar-refractivity contribution in [2.45, 2.75) is 24.5 Å². The molecule has 1 aromatic rings. The summed E-state index contributed by atoms with van der Waals surface area (Å²) in [5.41, 5.74) is 6.80. The van der Waals surface area contributed by atoms with E-state index < -0.39 is 0 Å². The minimum absolute atomic E-state index is 0.106. The normalized spacial score (nSPS) is 22.2. The third-order valence-electron chi connectivity index (χ3n) is 3.39. The first-order valence-corrected chi connectivity index (χ1v) is 7.38. The molecule has 0 radical (unpaired) electrons. The Hall–Kier alpha value is -1.36. The van der Waals surface area contributed by atoms with Crippen molar-refractivity contribution in [1.82, 2.24) is 5.32 Å². The van der Waals surface area contributed by atoms with Crippen LogP contribution in [0.1, 0.15) is 30.1 Å². The van der Waals surface area contributed by atoms with Crippen molar-refractivity contribution in [3.8, 4) is 5.75 Å². The number of benzene rings is 1. The minimum Gasteiger partial charge on any atom is -0.496 e. The summed E-state index contributed by atoms with van der Waals surface area (Å²) in [6.45, 7) is 2.88. The number of carbonyl (C=O) groups excluding carboxylic acids is 1. The van der Waals surface area contributed by atoms with E-state index in [0.717, 1.165) is 6.42 Å². The standard InChI is InChI=1S/C14H20N2O2S/c1-14(6-3-7-19-14)9-16-13(17)11-5-4-10(15)8-12(11)18-2/h4-5,8H,3,6-7,9,15H2,1-2H3,(H,16,17). The number of nitrogens with one attached hydrogen (secondary N) is 1. The number of thioether (sulfide) groups is 1. The maximum Gasteiger partial charge on any atom is 0.255 e. The summed E-state index contributed by atoms with van der Waals surface area (Å²) >= 11 is 1.93. The lowest BCUT2D eigenvalue weighted by molar-refractivity contribution is 0.0947. The van der Waals surface area contributed by atoms with Crippen molar-refractivity contribution in [3.05, 3.63) is 23.8 Å². The molecule has 1 heterocycles. The Kier molecular flexibility index (Phi) is 4.24. The van der Waals surface area contributed by atoms with Crippen LogP contribution in [-0.4, -0.2) is 30.1 Å². The fraction of sp³-hybridized carbons (Fsp3) is 0.500. The molecule has 3 N–H and O–H groups in total. The third kappa shape index (κ3) is 3.35. The van der Waals surface area contributed by atoms with Gasteiger partial charge < -0.3 is 15.8 Å². The summed E-state index contributed by atoms with van der Waals surface area (Å²) in [6.07, 6.45) is 2.37. The van der Waals surface area contributed by atoms with Crippen LogP contribution in [-0.2, 0) is 0 Å². The van der Waals surface area contributed by atoms with Gasteiger partial charge in [0.2, 0.25) is 0 Å². The second-order valence-corrected chi connectivity index (χ2v) is 6.73. The zero-order chi connectivity index (χ0) is 13.9. The second kappa shape index (κ2) is 5.74. The number of nitrogens with two attached hydrogens (primary N) is 1. The van der Waals surface area contributed by atoms with Crippen molar-refractivity contribution >= 4 is 23.4 Å². The molecule has 1 aliphatic heterocycles. The van der Waals surface area contributed by atoms with Crippen LogP contribution in [0.2, 0.25) is 0 Å². The number of methoxy groups -OCH3 is 1. The topological polar surface area (TPSA) is 64.3 Å². The SMILES string of the molecule is COc1cc(N)ccc1C(=O)NCC1(C)CCCS1. The predicted molar refractivity (Wildman–Crippen MR) is 79.8 cm³/mol. The molecule has 1 saturated heterocycles. The van der Waals surface area contributed by atoms with E-state index in [2.05, 4.69) is 12.2 Å². The Morgan fingerprint density at radius 3 is 3.00 bits per heavy atom. The van der Waals surface area contributed by atoms with E-state index in [1.165, 1.54) is 12.2 Å². The van der Waals surface area contributed by atoms with Crippen molar-refractivity contribution < 1.29 is 9.53 Å². The van der Waals surface area contributed by atoms with E-state index in [1.807, 2.05) is 11.8 Å². The van der Waals surface area contributed by atoms with Gasteiger partial charge >= 0.3 is 0 Å². The Morgan fingerprint density at radius 1 is 1.58 bits per heavy atom. The Bertz CT molecular complexity index is 471. The van der Waals surface area contributed by atoms with E-state index in [4.69, 9.17) is 10.5 Å². The van der Waals surface area contributed by atoms with Gasteiger partial charge in [-0.3, -0.25) is 4.79 Å². The van der Waals surface area contributed by atoms with Crippen molar-refractivity contribution in [2.75, 3.05) is 25.1 Å². The molecule has 1 unspecified atom stereocenters. The van der Waals surface area contributed by atoms with Crippen LogP contribution < -0.4 is 15.8 Å². The molecule has 19 heavy (non-hydrogen) atoms. The minimum atomic E-state index is -0.106. The lowest BCUT2D eigenvalue weighted by atomic mass is 10.1. The molecule has 4 nitrogen and oxygen atoms in total. The molecule has 0 saturated carbocycles. The van der Waals surface area contributed by atoms with E-state index >= 15 is 0 Å². The van der Waals surface area contributed by atoms with Crippen LogP contribution in [0.5, 0.6) is 5.75 Å². The summed E-state index contributed by atoms with van der Waals surface area (Å²) in [5, 5.41) is 2.99. The van der Waals surface area contributed by atoms with Crippen LogP contribution in [0.15, 0.2) is 18.2 Å². The Morgan fingerprint density at radius 2 is 2.37 bits per heavy atom. The van der Waals surface area contributed by atoms with Gasteiger partial charge in [-0.15, -0.1) is 0 Å². The highest BCUT2D eigenvalue weighted by atomic mass is 32.2. The molecule has 0 bridgehead atoms. The van der Waals surface area contributed by atoms with Crippen molar-refractivity contribution in [3.63, 3.8) is 0 Å². The van der Waals surface area contributed by atoms with E-state index in [-0.39, 0.29) is 10.7 Å². The van der Waals surface area contributed by atoms with Gasteiger partial charge in [0.15, 0.2) is 0 Å². The average molecular weight is 280 g/mol. The van der Waals surface area contributed by atoms with Crippen LogP contribution in [0.25, 0.3) is 0 Å². The van der Waals surface area contributed by atoms with Crippen molar-refractivity contribution in [2.24, 2.45) is 0 Å². The first-order valence-electron chi connectivity index (χ1n) is 6.40. The molecule has 1 aliphatic rings. The molecule has 1 amide bonds. The zero-order valence-electron chi connectivity index (χ0n) is 11.4. The van der Waals surface area contributed by atoms with Crippen LogP contribution >= 0.6 is 11.8 Å². The van der Waals surface area contributed by atoms with E-state index in [1.54, 1.807) is 25.3 Å². The molecule has 1 atom stereocenters. The molecule has 1 fully saturated rings. The Balaban J connectivity index is 2.03. The van der Waals surface area contributed by atoms with Gasteiger partial charge in [0.1, 0.15) is 5.75 Å². The molecule has 1 aromatic carbocycles. The van der Waals surface area contributed by atoms with Gasteiger partial charge in [0.25, 0.3) is 5.91 Å². The second-order valence-electron chi connectivity index (χ2n) is 5.04. The maximum absolute atomic E-state index is 12.2. The number of carbonyl (C=O) groups is 1. The lowest BCUT2D eigenvalue weighted by Gasteiger charge is -2.23. The van der Waals surface area contributed by atoms with Crippen LogP contribution in [0, 0.1) is 0 Å². The Labute approximate surface area is 118 Å². The average Bonchev–Trinajstić information content (AvgIpc) is 2.83. The number of hydrogen-bond acceptors (Lipinski definition) is 4. The van der Waals surface area contributed by atoms with Crippen LogP contribution in [0.4, 0.5) is 5.69 Å². The summed E-state index contributed by atoms with van der Waals surface area (Å²) in [7, 11) is 1.54. The highest BCUT2D eigenvalue weighted by Gasteiger charge is 2.30. The zero-order valence-corrected chi connectivity index (χ0v) is 12.2. The first-order chi connectivity index (χ1) is 9.04. The number of ether oxygens (including phenoxy) is 1. The molecule has 104 valence electrons. The quantitative estimate of drug-likeness (QED) is 0.831. The summed E-state index contributed by atoms with van der Waals surface area (Å²) in [5.74, 6) is 1.59. The van der Waals surface area contributed by atoms with Gasteiger partial charge in [-0.25, -0.2) is 0 Å². The molecular weight excluding hydrogens is 260 g/mol. The molecular formula is C14H20N2O2S. The fourth-order valence-electron chi connectivity index (χ4n) is 2.23. The van der Waals surface area contributed by atoms with Gasteiger partial charge in [-0.05, 0) is 37.7 Å². The molecule has 0 aromatic heterocycles. The summed E-state index contributed by atoms with van der Waals surface area (Å²) < 4.78 is 5.36. The van der Waals surface area contributed by atoms with Crippen LogP contribution in [0.3, 0.4) is 0 Å². The molecule has 0 spiro atoms. The largest absolute Gasteiger partial charge is 0.496 e. The first kappa shape index (κ1) is 14.1. The van der Waals surface area contributed by atoms with E-state index in [9.17, 15) is 4.79 Å². The summed E-state index contributed by atoms with van der Waals surface area (Å²) in [6, 6.07) is 5.08. The number of amides is 1. The molecule has 5 heteroatoms. The number of rotatable bonds is 4. The van der Waals surface area contributed by atoms with Gasteiger partial charge in [-0.1, -0.05) is 0 Å². The maximum atomic E-state index is 12.2. The van der Waals surface area contributed by atoms with Gasteiger partial charge in [0.05, 0.1) is 12.7 Å². The van der Waals surface area contributed by atoms with Crippen molar-refractivity contribution in [1.29, 1.82) is 0 Å². The van der Waals surface area contributed by atoms with Gasteiger partial charge in [-0.2, -0.15) is 11.8 Å². The predicted octanol–water partition coefficient (Wildman–Crippen LogP) is 2.29. The number of nitrogen functional groups attached to an aromatic ring is 1. The highest BCUT2D eigenvalue weighted by Crippen LogP contribution is 2.37. The monoisotopic (exact) mass is 280 g/mol.